The number of rotatable bonds is 10. The third-order valence-corrected chi connectivity index (χ3v) is 4.85. The maximum absolute atomic E-state index is 4.32. The van der Waals surface area contributed by atoms with Gasteiger partial charge in [-0.1, -0.05) is 24.3 Å². The van der Waals surface area contributed by atoms with Gasteiger partial charge in [0.05, 0.1) is 0 Å². The molecule has 0 bridgehead atoms. The van der Waals surface area contributed by atoms with E-state index in [1.807, 2.05) is 18.8 Å². The molecule has 4 nitrogen and oxygen atoms in total. The van der Waals surface area contributed by atoms with Gasteiger partial charge in [-0.15, -0.1) is 0 Å². The predicted molar refractivity (Wildman–Crippen MR) is 109 cm³/mol. The van der Waals surface area contributed by atoms with Crippen molar-refractivity contribution in [1.29, 1.82) is 0 Å². The monoisotopic (exact) mass is 350 g/mol. The minimum absolute atomic E-state index is 0.543. The van der Waals surface area contributed by atoms with Crippen LogP contribution in [0.4, 0.5) is 0 Å². The largest absolute Gasteiger partial charge is 0.356 e. The average Bonchev–Trinajstić information content (AvgIpc) is 2.58. The zero-order chi connectivity index (χ0) is 17.8. The number of nitrogens with zero attached hydrogens (tertiary/aromatic N) is 2. The summed E-state index contributed by atoms with van der Waals surface area (Å²) in [5.41, 5.74) is 2.70. The Bertz CT molecular complexity index is 488. The van der Waals surface area contributed by atoms with Gasteiger partial charge in [-0.2, -0.15) is 11.8 Å². The second-order valence-corrected chi connectivity index (χ2v) is 7.32. The molecule has 0 atom stereocenters. The molecular weight excluding hydrogens is 316 g/mol. The first-order chi connectivity index (χ1) is 11.6. The van der Waals surface area contributed by atoms with Crippen LogP contribution in [0.5, 0.6) is 0 Å². The van der Waals surface area contributed by atoms with E-state index >= 15 is 0 Å². The molecule has 0 heterocycles. The molecule has 0 unspecified atom stereocenters. The topological polar surface area (TPSA) is 39.7 Å². The summed E-state index contributed by atoms with van der Waals surface area (Å²) in [5, 5.41) is 6.83. The van der Waals surface area contributed by atoms with Gasteiger partial charge in [0.1, 0.15) is 0 Å². The fourth-order valence-electron chi connectivity index (χ4n) is 2.31. The molecule has 0 saturated heterocycles. The van der Waals surface area contributed by atoms with Crippen LogP contribution in [0.15, 0.2) is 29.3 Å². The van der Waals surface area contributed by atoms with Crippen molar-refractivity contribution in [2.75, 3.05) is 32.6 Å². The lowest BCUT2D eigenvalue weighted by molar-refractivity contribution is 0.265. The van der Waals surface area contributed by atoms with Gasteiger partial charge in [-0.3, -0.25) is 9.89 Å². The summed E-state index contributed by atoms with van der Waals surface area (Å²) in [6.45, 7) is 7.19. The van der Waals surface area contributed by atoms with Crippen molar-refractivity contribution in [1.82, 2.24) is 15.5 Å². The molecular formula is C19H34N4S. The second-order valence-electron chi connectivity index (χ2n) is 6.33. The van der Waals surface area contributed by atoms with Gasteiger partial charge in [-0.25, -0.2) is 0 Å². The first-order valence-corrected chi connectivity index (χ1v) is 10.2. The maximum atomic E-state index is 4.32. The van der Waals surface area contributed by atoms with E-state index < -0.39 is 0 Å². The van der Waals surface area contributed by atoms with E-state index in [-0.39, 0.29) is 0 Å². The standard InChI is InChI=1S/C19H34N4S/c1-16(2)23(4)15-18-11-7-6-10-17(18)14-22-19(20-3)21-12-8-9-13-24-5/h6-7,10-11,16H,8-9,12-15H2,1-5H3,(H2,20,21,22). The molecule has 0 aliphatic heterocycles. The van der Waals surface area contributed by atoms with Crippen LogP contribution in [0.1, 0.15) is 37.8 Å². The van der Waals surface area contributed by atoms with Crippen molar-refractivity contribution in [3.63, 3.8) is 0 Å². The molecule has 1 aromatic carbocycles. The van der Waals surface area contributed by atoms with E-state index in [0.29, 0.717) is 6.04 Å². The molecule has 0 amide bonds. The summed E-state index contributed by atoms with van der Waals surface area (Å²) in [4.78, 5) is 6.68. The van der Waals surface area contributed by atoms with Crippen LogP contribution in [0.3, 0.4) is 0 Å². The van der Waals surface area contributed by atoms with Crippen LogP contribution in [0, 0.1) is 0 Å². The second kappa shape index (κ2) is 12.2. The SMILES string of the molecule is CN=C(NCCCCSC)NCc1ccccc1CN(C)C(C)C. The molecule has 136 valence electrons. The highest BCUT2D eigenvalue weighted by molar-refractivity contribution is 7.98. The molecule has 0 fully saturated rings. The number of hydrogen-bond donors (Lipinski definition) is 2. The average molecular weight is 351 g/mol. The maximum Gasteiger partial charge on any atom is 0.191 e. The fourth-order valence-corrected chi connectivity index (χ4v) is 2.81. The van der Waals surface area contributed by atoms with E-state index in [0.717, 1.165) is 25.6 Å². The lowest BCUT2D eigenvalue weighted by Gasteiger charge is -2.23. The summed E-state index contributed by atoms with van der Waals surface area (Å²) in [5.74, 6) is 2.11. The minimum atomic E-state index is 0.543. The van der Waals surface area contributed by atoms with E-state index in [9.17, 15) is 0 Å². The lowest BCUT2D eigenvalue weighted by Crippen LogP contribution is -2.37. The zero-order valence-corrected chi connectivity index (χ0v) is 16.7. The summed E-state index contributed by atoms with van der Waals surface area (Å²) in [7, 11) is 4.00. The highest BCUT2D eigenvalue weighted by Gasteiger charge is 2.08. The highest BCUT2D eigenvalue weighted by Crippen LogP contribution is 2.12. The van der Waals surface area contributed by atoms with Crippen molar-refractivity contribution in [2.24, 2.45) is 4.99 Å². The van der Waals surface area contributed by atoms with Crippen LogP contribution in [0.25, 0.3) is 0 Å². The molecule has 1 rings (SSSR count). The van der Waals surface area contributed by atoms with Crippen molar-refractivity contribution in [3.8, 4) is 0 Å². The first kappa shape index (κ1) is 20.8. The number of unbranched alkanes of at least 4 members (excludes halogenated alkanes) is 1. The summed E-state index contributed by atoms with van der Waals surface area (Å²) >= 11 is 1.90. The van der Waals surface area contributed by atoms with Gasteiger partial charge in [0.2, 0.25) is 0 Å². The van der Waals surface area contributed by atoms with Crippen molar-refractivity contribution in [3.05, 3.63) is 35.4 Å². The Kier molecular flexibility index (Phi) is 10.6. The molecule has 24 heavy (non-hydrogen) atoms. The van der Waals surface area contributed by atoms with Gasteiger partial charge in [0, 0.05) is 32.7 Å². The van der Waals surface area contributed by atoms with E-state index in [1.54, 1.807) is 0 Å². The Morgan fingerprint density at radius 1 is 1.17 bits per heavy atom. The van der Waals surface area contributed by atoms with Gasteiger partial charge < -0.3 is 10.6 Å². The molecule has 0 aromatic heterocycles. The Balaban J connectivity index is 2.50. The smallest absolute Gasteiger partial charge is 0.191 e. The predicted octanol–water partition coefficient (Wildman–Crippen LogP) is 3.34. The van der Waals surface area contributed by atoms with Crippen molar-refractivity contribution >= 4 is 17.7 Å². The Morgan fingerprint density at radius 3 is 2.50 bits per heavy atom. The quantitative estimate of drug-likeness (QED) is 0.386. The summed E-state index contributed by atoms with van der Waals surface area (Å²) in [6.07, 6.45) is 4.58. The lowest BCUT2D eigenvalue weighted by atomic mass is 10.1. The molecule has 0 aliphatic carbocycles. The zero-order valence-electron chi connectivity index (χ0n) is 15.9. The molecule has 1 aromatic rings. The Morgan fingerprint density at radius 2 is 1.88 bits per heavy atom. The summed E-state index contributed by atoms with van der Waals surface area (Å²) in [6, 6.07) is 9.18. The van der Waals surface area contributed by atoms with Crippen molar-refractivity contribution < 1.29 is 0 Å². The Hall–Kier alpha value is -1.20. The van der Waals surface area contributed by atoms with Gasteiger partial charge in [-0.05, 0) is 56.9 Å². The van der Waals surface area contributed by atoms with Crippen LogP contribution < -0.4 is 10.6 Å². The highest BCUT2D eigenvalue weighted by atomic mass is 32.2. The molecule has 2 N–H and O–H groups in total. The third-order valence-electron chi connectivity index (χ3n) is 4.16. The fraction of sp³-hybridized carbons (Fsp3) is 0.632. The number of nitrogens with one attached hydrogen (secondary N) is 2. The molecule has 5 heteroatoms. The number of guanidine groups is 1. The molecule has 0 radical (unpaired) electrons. The van der Waals surface area contributed by atoms with Gasteiger partial charge in [0.15, 0.2) is 5.96 Å². The van der Waals surface area contributed by atoms with Gasteiger partial charge >= 0.3 is 0 Å². The van der Waals surface area contributed by atoms with Crippen LogP contribution in [0.2, 0.25) is 0 Å². The van der Waals surface area contributed by atoms with E-state index in [2.05, 4.69) is 71.9 Å². The normalized spacial score (nSPS) is 12.0. The van der Waals surface area contributed by atoms with Gasteiger partial charge in [0.25, 0.3) is 0 Å². The minimum Gasteiger partial charge on any atom is -0.356 e. The number of aliphatic imine (C=N–C) groups is 1. The molecule has 0 spiro atoms. The summed E-state index contributed by atoms with van der Waals surface area (Å²) < 4.78 is 0. The van der Waals surface area contributed by atoms with E-state index in [1.165, 1.54) is 29.7 Å². The number of hydrogen-bond acceptors (Lipinski definition) is 3. The number of thioether (sulfide) groups is 1. The third kappa shape index (κ3) is 8.06. The van der Waals surface area contributed by atoms with E-state index in [4.69, 9.17) is 0 Å². The first-order valence-electron chi connectivity index (χ1n) is 8.79. The number of benzene rings is 1. The van der Waals surface area contributed by atoms with Crippen LogP contribution in [-0.2, 0) is 13.1 Å². The Labute approximate surface area is 152 Å². The van der Waals surface area contributed by atoms with Crippen LogP contribution in [-0.4, -0.2) is 49.6 Å². The van der Waals surface area contributed by atoms with Crippen molar-refractivity contribution in [2.45, 2.75) is 45.8 Å². The van der Waals surface area contributed by atoms with Crippen LogP contribution >= 0.6 is 11.8 Å². The molecule has 0 aliphatic rings. The molecule has 0 saturated carbocycles.